The summed E-state index contributed by atoms with van der Waals surface area (Å²) < 4.78 is 0. The molecule has 2 aliphatic heterocycles. The average Bonchev–Trinajstić information content (AvgIpc) is 2.83. The van der Waals surface area contributed by atoms with E-state index in [1.54, 1.807) is 0 Å². The molecular weight excluding hydrogens is 294 g/mol. The Bertz CT molecular complexity index is 485. The van der Waals surface area contributed by atoms with E-state index in [0.717, 1.165) is 37.5 Å². The lowest BCUT2D eigenvalue weighted by Gasteiger charge is -2.30. The first kappa shape index (κ1) is 15.6. The first-order valence-electron chi connectivity index (χ1n) is 6.74. The van der Waals surface area contributed by atoms with Crippen molar-refractivity contribution in [2.24, 2.45) is 5.73 Å². The molecule has 3 rings (SSSR count). The zero-order valence-corrected chi connectivity index (χ0v) is 13.0. The van der Waals surface area contributed by atoms with Gasteiger partial charge in [-0.3, -0.25) is 9.69 Å². The highest BCUT2D eigenvalue weighted by Gasteiger charge is 2.26. The fourth-order valence-electron chi connectivity index (χ4n) is 2.71. The Morgan fingerprint density at radius 1 is 1.35 bits per heavy atom. The Morgan fingerprint density at radius 2 is 2.15 bits per heavy atom. The second-order valence-corrected chi connectivity index (χ2v) is 6.28. The Kier molecular flexibility index (Phi) is 5.32. The van der Waals surface area contributed by atoms with Gasteiger partial charge in [0.2, 0.25) is 5.91 Å². The number of fused-ring (bicyclic) bond motifs is 1. The van der Waals surface area contributed by atoms with Crippen LogP contribution in [0.2, 0.25) is 0 Å². The van der Waals surface area contributed by atoms with Crippen LogP contribution in [0.4, 0.5) is 5.69 Å². The van der Waals surface area contributed by atoms with Crippen molar-refractivity contribution in [2.75, 3.05) is 36.8 Å². The van der Waals surface area contributed by atoms with Crippen LogP contribution in [0, 0.1) is 0 Å². The van der Waals surface area contributed by atoms with Crippen LogP contribution in [0.3, 0.4) is 0 Å². The summed E-state index contributed by atoms with van der Waals surface area (Å²) in [6.45, 7) is 3.08. The molecule has 0 radical (unpaired) electrons. The van der Waals surface area contributed by atoms with Crippen molar-refractivity contribution in [2.45, 2.75) is 17.4 Å². The summed E-state index contributed by atoms with van der Waals surface area (Å²) >= 11 is 1.83. The van der Waals surface area contributed by atoms with Gasteiger partial charge in [-0.2, -0.15) is 0 Å². The van der Waals surface area contributed by atoms with Gasteiger partial charge in [0, 0.05) is 36.3 Å². The summed E-state index contributed by atoms with van der Waals surface area (Å²) in [5, 5.41) is 0. The maximum absolute atomic E-state index is 12.5. The number of thioether (sulfide) groups is 1. The number of anilines is 1. The van der Waals surface area contributed by atoms with Crippen LogP contribution >= 0.6 is 24.2 Å². The third-order valence-corrected chi connectivity index (χ3v) is 4.74. The largest absolute Gasteiger partial charge is 0.326 e. The quantitative estimate of drug-likeness (QED) is 0.900. The molecule has 0 aliphatic carbocycles. The summed E-state index contributed by atoms with van der Waals surface area (Å²) in [6, 6.07) is 8.38. The van der Waals surface area contributed by atoms with Crippen molar-refractivity contribution in [1.29, 1.82) is 0 Å². The summed E-state index contributed by atoms with van der Waals surface area (Å²) in [5.74, 6) is 1.17. The Hall–Kier alpha value is -0.750. The third kappa shape index (κ3) is 3.28. The van der Waals surface area contributed by atoms with Gasteiger partial charge in [-0.05, 0) is 18.6 Å². The normalized spacial score (nSPS) is 22.2. The van der Waals surface area contributed by atoms with Crippen molar-refractivity contribution in [1.82, 2.24) is 4.90 Å². The van der Waals surface area contributed by atoms with Crippen LogP contribution in [0.5, 0.6) is 0 Å². The molecule has 2 heterocycles. The van der Waals surface area contributed by atoms with Crippen LogP contribution in [-0.4, -0.2) is 48.8 Å². The monoisotopic (exact) mass is 313 g/mol. The van der Waals surface area contributed by atoms with Crippen molar-refractivity contribution in [3.63, 3.8) is 0 Å². The molecule has 1 amide bonds. The molecule has 1 aromatic rings. The van der Waals surface area contributed by atoms with Crippen molar-refractivity contribution < 1.29 is 4.79 Å². The van der Waals surface area contributed by atoms with Gasteiger partial charge < -0.3 is 10.6 Å². The summed E-state index contributed by atoms with van der Waals surface area (Å²) in [7, 11) is 0. The van der Waals surface area contributed by atoms with E-state index in [-0.39, 0.29) is 24.4 Å². The van der Waals surface area contributed by atoms with Crippen LogP contribution in [0.25, 0.3) is 0 Å². The number of rotatable bonds is 2. The molecule has 0 aromatic heterocycles. The van der Waals surface area contributed by atoms with Gasteiger partial charge in [0.05, 0.1) is 12.2 Å². The fourth-order valence-corrected chi connectivity index (χ4v) is 3.71. The highest BCUT2D eigenvalue weighted by atomic mass is 35.5. The van der Waals surface area contributed by atoms with Crippen molar-refractivity contribution in [3.05, 3.63) is 24.3 Å². The minimum absolute atomic E-state index is 0. The predicted molar refractivity (Wildman–Crippen MR) is 85.8 cm³/mol. The van der Waals surface area contributed by atoms with Crippen molar-refractivity contribution >= 4 is 35.8 Å². The first-order valence-corrected chi connectivity index (χ1v) is 7.73. The van der Waals surface area contributed by atoms with Crippen LogP contribution in [-0.2, 0) is 4.79 Å². The molecule has 1 atom stereocenters. The minimum atomic E-state index is 0. The zero-order chi connectivity index (χ0) is 13.2. The molecule has 1 saturated heterocycles. The molecule has 0 spiro atoms. The van der Waals surface area contributed by atoms with Gasteiger partial charge in [-0.1, -0.05) is 12.1 Å². The molecule has 110 valence electrons. The second kappa shape index (κ2) is 6.80. The molecule has 4 nitrogen and oxygen atoms in total. The number of benzene rings is 1. The van der Waals surface area contributed by atoms with Gasteiger partial charge >= 0.3 is 0 Å². The molecule has 1 unspecified atom stereocenters. The molecule has 0 saturated carbocycles. The van der Waals surface area contributed by atoms with E-state index in [9.17, 15) is 4.79 Å². The van der Waals surface area contributed by atoms with Crippen LogP contribution in [0.15, 0.2) is 29.2 Å². The maximum Gasteiger partial charge on any atom is 0.241 e. The van der Waals surface area contributed by atoms with Crippen LogP contribution in [0.1, 0.15) is 6.42 Å². The maximum atomic E-state index is 12.5. The van der Waals surface area contributed by atoms with Crippen molar-refractivity contribution in [3.8, 4) is 0 Å². The predicted octanol–water partition coefficient (Wildman–Crippen LogP) is 1.58. The highest BCUT2D eigenvalue weighted by Crippen LogP contribution is 2.34. The first-order chi connectivity index (χ1) is 9.24. The number of carbonyl (C=O) groups excluding carboxylic acids is 1. The lowest BCUT2D eigenvalue weighted by atomic mass is 10.2. The van der Waals surface area contributed by atoms with E-state index >= 15 is 0 Å². The molecule has 1 fully saturated rings. The summed E-state index contributed by atoms with van der Waals surface area (Å²) in [4.78, 5) is 17.8. The Labute approximate surface area is 130 Å². The molecule has 1 aromatic carbocycles. The molecule has 2 aliphatic rings. The zero-order valence-electron chi connectivity index (χ0n) is 11.3. The molecule has 6 heteroatoms. The second-order valence-electron chi connectivity index (χ2n) is 5.15. The smallest absolute Gasteiger partial charge is 0.241 e. The van der Waals surface area contributed by atoms with Gasteiger partial charge in [0.1, 0.15) is 0 Å². The lowest BCUT2D eigenvalue weighted by Crippen LogP contribution is -2.42. The number of para-hydroxylation sites is 1. The number of halogens is 1. The number of likely N-dealkylation sites (tertiary alicyclic amines) is 1. The van der Waals surface area contributed by atoms with E-state index in [2.05, 4.69) is 11.0 Å². The number of carbonyl (C=O) groups is 1. The number of nitrogens with zero attached hydrogens (tertiary/aromatic N) is 2. The standard InChI is InChI=1S/C14H19N3OS.ClH/c15-11-5-6-16(9-11)10-14(18)17-7-8-19-13-4-2-1-3-12(13)17;/h1-4,11H,5-10,15H2;1H. The molecule has 0 bridgehead atoms. The number of nitrogens with two attached hydrogens (primary N) is 1. The molecule has 2 N–H and O–H groups in total. The van der Waals surface area contributed by atoms with Gasteiger partial charge in [0.15, 0.2) is 0 Å². The SMILES string of the molecule is Cl.NC1CCN(CC(=O)N2CCSc3ccccc32)C1. The summed E-state index contributed by atoms with van der Waals surface area (Å²) in [5.41, 5.74) is 6.95. The average molecular weight is 314 g/mol. The van der Waals surface area contributed by atoms with Gasteiger partial charge in [-0.25, -0.2) is 0 Å². The highest BCUT2D eigenvalue weighted by molar-refractivity contribution is 7.99. The minimum Gasteiger partial charge on any atom is -0.326 e. The Morgan fingerprint density at radius 3 is 2.90 bits per heavy atom. The van der Waals surface area contributed by atoms with E-state index in [1.807, 2.05) is 34.9 Å². The number of hydrogen-bond donors (Lipinski definition) is 1. The van der Waals surface area contributed by atoms with E-state index in [0.29, 0.717) is 6.54 Å². The van der Waals surface area contributed by atoms with Gasteiger partial charge in [0.25, 0.3) is 0 Å². The lowest BCUT2D eigenvalue weighted by molar-refractivity contribution is -0.119. The third-order valence-electron chi connectivity index (χ3n) is 3.70. The summed E-state index contributed by atoms with van der Waals surface area (Å²) in [6.07, 6.45) is 1.000. The van der Waals surface area contributed by atoms with E-state index in [1.165, 1.54) is 4.90 Å². The molecule has 20 heavy (non-hydrogen) atoms. The molecular formula is C14H20ClN3OS. The van der Waals surface area contributed by atoms with Gasteiger partial charge in [-0.15, -0.1) is 24.2 Å². The number of hydrogen-bond acceptors (Lipinski definition) is 4. The van der Waals surface area contributed by atoms with E-state index in [4.69, 9.17) is 5.73 Å². The van der Waals surface area contributed by atoms with Crippen LogP contribution < -0.4 is 10.6 Å². The number of amides is 1. The fraction of sp³-hybridized carbons (Fsp3) is 0.500. The Balaban J connectivity index is 0.00000147. The van der Waals surface area contributed by atoms with E-state index < -0.39 is 0 Å². The topological polar surface area (TPSA) is 49.6 Å².